The summed E-state index contributed by atoms with van der Waals surface area (Å²) in [6.07, 6.45) is 0. The topological polar surface area (TPSA) is 48.9 Å². The molecular formula is C17H27ClN4O. The van der Waals surface area contributed by atoms with Crippen molar-refractivity contribution in [2.24, 2.45) is 4.99 Å². The standard InChI is InChI=1S/C17H27ClN4O/c1-3-19-17(20-4-2)21-13-16(22-8-10-23-11-9-22)14-6-5-7-15(18)12-14/h5-7,12,16H,3-4,8-11,13H2,1-2H3,(H2,19,20,21). The van der Waals surface area contributed by atoms with Crippen LogP contribution in [0.25, 0.3) is 0 Å². The SMILES string of the molecule is CCNC(=NCC(c1cccc(Cl)c1)N1CCOCC1)NCC. The number of nitrogens with zero attached hydrogens (tertiary/aromatic N) is 2. The molecule has 1 aliphatic heterocycles. The van der Waals surface area contributed by atoms with Crippen LogP contribution in [0, 0.1) is 0 Å². The highest BCUT2D eigenvalue weighted by Gasteiger charge is 2.22. The molecular weight excluding hydrogens is 312 g/mol. The summed E-state index contributed by atoms with van der Waals surface area (Å²) >= 11 is 6.19. The van der Waals surface area contributed by atoms with Crippen LogP contribution in [0.3, 0.4) is 0 Å². The molecule has 6 heteroatoms. The van der Waals surface area contributed by atoms with Crippen LogP contribution in [-0.2, 0) is 4.74 Å². The van der Waals surface area contributed by atoms with E-state index in [0.717, 1.165) is 50.4 Å². The fourth-order valence-electron chi connectivity index (χ4n) is 2.72. The Hall–Kier alpha value is -1.30. The second-order valence-electron chi connectivity index (χ2n) is 5.47. The van der Waals surface area contributed by atoms with Gasteiger partial charge in [-0.05, 0) is 31.5 Å². The summed E-state index contributed by atoms with van der Waals surface area (Å²) in [4.78, 5) is 7.18. The lowest BCUT2D eigenvalue weighted by Crippen LogP contribution is -2.41. The van der Waals surface area contributed by atoms with Crippen molar-refractivity contribution in [3.05, 3.63) is 34.9 Å². The highest BCUT2D eigenvalue weighted by molar-refractivity contribution is 6.30. The Balaban J connectivity index is 2.17. The van der Waals surface area contributed by atoms with Crippen LogP contribution in [-0.4, -0.2) is 56.8 Å². The van der Waals surface area contributed by atoms with Crippen LogP contribution < -0.4 is 10.6 Å². The van der Waals surface area contributed by atoms with Crippen molar-refractivity contribution in [2.75, 3.05) is 45.9 Å². The molecule has 1 fully saturated rings. The van der Waals surface area contributed by atoms with E-state index in [1.807, 2.05) is 18.2 Å². The Labute approximate surface area is 144 Å². The molecule has 1 saturated heterocycles. The van der Waals surface area contributed by atoms with Gasteiger partial charge in [0.05, 0.1) is 25.8 Å². The van der Waals surface area contributed by atoms with Gasteiger partial charge < -0.3 is 15.4 Å². The van der Waals surface area contributed by atoms with E-state index in [1.54, 1.807) is 0 Å². The Morgan fingerprint density at radius 2 is 1.96 bits per heavy atom. The van der Waals surface area contributed by atoms with Crippen molar-refractivity contribution in [2.45, 2.75) is 19.9 Å². The quantitative estimate of drug-likeness (QED) is 0.617. The summed E-state index contributed by atoms with van der Waals surface area (Å²) < 4.78 is 5.48. The van der Waals surface area contributed by atoms with E-state index in [-0.39, 0.29) is 6.04 Å². The summed E-state index contributed by atoms with van der Waals surface area (Å²) in [7, 11) is 0. The third kappa shape index (κ3) is 5.68. The van der Waals surface area contributed by atoms with E-state index in [4.69, 9.17) is 21.3 Å². The smallest absolute Gasteiger partial charge is 0.191 e. The molecule has 0 spiro atoms. The second-order valence-corrected chi connectivity index (χ2v) is 5.91. The maximum Gasteiger partial charge on any atom is 0.191 e. The molecule has 1 aromatic rings. The number of rotatable bonds is 6. The highest BCUT2D eigenvalue weighted by atomic mass is 35.5. The van der Waals surface area contributed by atoms with E-state index in [9.17, 15) is 0 Å². The molecule has 23 heavy (non-hydrogen) atoms. The Morgan fingerprint density at radius 1 is 1.26 bits per heavy atom. The van der Waals surface area contributed by atoms with E-state index < -0.39 is 0 Å². The van der Waals surface area contributed by atoms with Gasteiger partial charge in [0.1, 0.15) is 0 Å². The molecule has 1 unspecified atom stereocenters. The fraction of sp³-hybridized carbons (Fsp3) is 0.588. The molecule has 1 aliphatic rings. The lowest BCUT2D eigenvalue weighted by atomic mass is 10.0. The molecule has 0 aromatic heterocycles. The largest absolute Gasteiger partial charge is 0.379 e. The predicted molar refractivity (Wildman–Crippen MR) is 96.2 cm³/mol. The Morgan fingerprint density at radius 3 is 2.57 bits per heavy atom. The van der Waals surface area contributed by atoms with Crippen LogP contribution in [0.1, 0.15) is 25.5 Å². The summed E-state index contributed by atoms with van der Waals surface area (Å²) in [5.41, 5.74) is 1.20. The minimum Gasteiger partial charge on any atom is -0.379 e. The zero-order valence-electron chi connectivity index (χ0n) is 14.0. The number of ether oxygens (including phenoxy) is 1. The molecule has 2 rings (SSSR count). The molecule has 5 nitrogen and oxygen atoms in total. The number of halogens is 1. The fourth-order valence-corrected chi connectivity index (χ4v) is 2.92. The van der Waals surface area contributed by atoms with Crippen LogP contribution in [0.4, 0.5) is 0 Å². The van der Waals surface area contributed by atoms with Gasteiger partial charge in [0, 0.05) is 31.2 Å². The molecule has 128 valence electrons. The van der Waals surface area contributed by atoms with Gasteiger partial charge in [-0.25, -0.2) is 0 Å². The van der Waals surface area contributed by atoms with Crippen molar-refractivity contribution in [1.82, 2.24) is 15.5 Å². The Bertz CT molecular complexity index is 495. The van der Waals surface area contributed by atoms with Crippen molar-refractivity contribution in [3.8, 4) is 0 Å². The predicted octanol–water partition coefficient (Wildman–Crippen LogP) is 2.29. The average molecular weight is 339 g/mol. The van der Waals surface area contributed by atoms with Gasteiger partial charge in [0.25, 0.3) is 0 Å². The van der Waals surface area contributed by atoms with Gasteiger partial charge >= 0.3 is 0 Å². The third-order valence-corrected chi connectivity index (χ3v) is 4.07. The molecule has 0 saturated carbocycles. The maximum absolute atomic E-state index is 6.19. The molecule has 0 amide bonds. The monoisotopic (exact) mass is 338 g/mol. The molecule has 0 aliphatic carbocycles. The summed E-state index contributed by atoms with van der Waals surface area (Å²) in [6.45, 7) is 9.93. The van der Waals surface area contributed by atoms with Crippen molar-refractivity contribution >= 4 is 17.6 Å². The van der Waals surface area contributed by atoms with Crippen LogP contribution in [0.15, 0.2) is 29.3 Å². The Kier molecular flexibility index (Phi) is 7.65. The van der Waals surface area contributed by atoms with Gasteiger partial charge in [-0.1, -0.05) is 23.7 Å². The zero-order chi connectivity index (χ0) is 16.5. The average Bonchev–Trinajstić information content (AvgIpc) is 2.56. The minimum atomic E-state index is 0.213. The number of benzene rings is 1. The highest BCUT2D eigenvalue weighted by Crippen LogP contribution is 2.24. The second kappa shape index (κ2) is 9.75. The first-order chi connectivity index (χ1) is 11.2. The maximum atomic E-state index is 6.19. The minimum absolute atomic E-state index is 0.213. The molecule has 1 aromatic carbocycles. The number of nitrogens with one attached hydrogen (secondary N) is 2. The van der Waals surface area contributed by atoms with E-state index in [2.05, 4.69) is 35.4 Å². The normalized spacial score (nSPS) is 16.7. The van der Waals surface area contributed by atoms with Crippen molar-refractivity contribution in [1.29, 1.82) is 0 Å². The molecule has 2 N–H and O–H groups in total. The zero-order valence-corrected chi connectivity index (χ0v) is 14.8. The van der Waals surface area contributed by atoms with E-state index in [1.165, 1.54) is 5.56 Å². The molecule has 0 bridgehead atoms. The lowest BCUT2D eigenvalue weighted by Gasteiger charge is -2.34. The van der Waals surface area contributed by atoms with Crippen LogP contribution in [0.5, 0.6) is 0 Å². The van der Waals surface area contributed by atoms with Crippen LogP contribution in [0.2, 0.25) is 5.02 Å². The number of hydrogen-bond donors (Lipinski definition) is 2. The van der Waals surface area contributed by atoms with Crippen molar-refractivity contribution in [3.63, 3.8) is 0 Å². The van der Waals surface area contributed by atoms with Crippen molar-refractivity contribution < 1.29 is 4.74 Å². The first-order valence-electron chi connectivity index (χ1n) is 8.34. The number of hydrogen-bond acceptors (Lipinski definition) is 3. The molecule has 0 radical (unpaired) electrons. The van der Waals surface area contributed by atoms with Gasteiger partial charge in [-0.2, -0.15) is 0 Å². The van der Waals surface area contributed by atoms with E-state index in [0.29, 0.717) is 6.54 Å². The molecule has 1 atom stereocenters. The van der Waals surface area contributed by atoms with E-state index >= 15 is 0 Å². The number of morpholine rings is 1. The van der Waals surface area contributed by atoms with Crippen LogP contribution >= 0.6 is 11.6 Å². The third-order valence-electron chi connectivity index (χ3n) is 3.83. The number of aliphatic imine (C=N–C) groups is 1. The van der Waals surface area contributed by atoms with Gasteiger partial charge in [0.2, 0.25) is 0 Å². The first kappa shape index (κ1) is 18.0. The van der Waals surface area contributed by atoms with Gasteiger partial charge in [0.15, 0.2) is 5.96 Å². The summed E-state index contributed by atoms with van der Waals surface area (Å²) in [5, 5.41) is 7.32. The van der Waals surface area contributed by atoms with Gasteiger partial charge in [-0.3, -0.25) is 9.89 Å². The first-order valence-corrected chi connectivity index (χ1v) is 8.71. The summed E-state index contributed by atoms with van der Waals surface area (Å²) in [5.74, 6) is 0.857. The van der Waals surface area contributed by atoms with Gasteiger partial charge in [-0.15, -0.1) is 0 Å². The number of guanidine groups is 1. The molecule has 1 heterocycles. The summed E-state index contributed by atoms with van der Waals surface area (Å²) in [6, 6.07) is 8.29. The lowest BCUT2D eigenvalue weighted by molar-refractivity contribution is 0.0180.